The Morgan fingerprint density at radius 2 is 1.56 bits per heavy atom. The van der Waals surface area contributed by atoms with Crippen molar-refractivity contribution in [2.24, 2.45) is 0 Å². The van der Waals surface area contributed by atoms with E-state index in [4.69, 9.17) is 0 Å². The second-order valence-electron chi connectivity index (χ2n) is 8.61. The summed E-state index contributed by atoms with van der Waals surface area (Å²) in [7, 11) is -3.45. The summed E-state index contributed by atoms with van der Waals surface area (Å²) in [4.78, 5) is 15.4. The maximum absolute atomic E-state index is 12.8. The summed E-state index contributed by atoms with van der Waals surface area (Å²) >= 11 is 0. The second kappa shape index (κ2) is 10.5. The van der Waals surface area contributed by atoms with E-state index < -0.39 is 10.0 Å². The predicted molar refractivity (Wildman–Crippen MR) is 135 cm³/mol. The van der Waals surface area contributed by atoms with Gasteiger partial charge < -0.3 is 5.32 Å². The Morgan fingerprint density at radius 3 is 2.21 bits per heavy atom. The molecular weight excluding hydrogens is 446 g/mol. The average molecular weight is 478 g/mol. The van der Waals surface area contributed by atoms with Crippen molar-refractivity contribution in [1.82, 2.24) is 9.21 Å². The minimum absolute atomic E-state index is 0.115. The molecule has 1 fully saturated rings. The van der Waals surface area contributed by atoms with Crippen molar-refractivity contribution in [2.45, 2.75) is 31.7 Å². The summed E-state index contributed by atoms with van der Waals surface area (Å²) in [6, 6.07) is 22.3. The van der Waals surface area contributed by atoms with E-state index in [1.807, 2.05) is 55.5 Å². The number of hydrogen-bond donors (Lipinski definition) is 1. The number of carbonyl (C=O) groups excluding carboxylic acids is 1. The Kier molecular flexibility index (Phi) is 7.46. The van der Waals surface area contributed by atoms with Crippen molar-refractivity contribution >= 4 is 21.6 Å². The zero-order valence-corrected chi connectivity index (χ0v) is 20.5. The third kappa shape index (κ3) is 5.38. The van der Waals surface area contributed by atoms with Crippen LogP contribution < -0.4 is 5.32 Å². The predicted octanol–water partition coefficient (Wildman–Crippen LogP) is 4.32. The van der Waals surface area contributed by atoms with E-state index in [0.717, 1.165) is 35.3 Å². The van der Waals surface area contributed by atoms with E-state index in [1.54, 1.807) is 28.6 Å². The highest BCUT2D eigenvalue weighted by Crippen LogP contribution is 2.22. The number of benzene rings is 3. The van der Waals surface area contributed by atoms with E-state index in [-0.39, 0.29) is 5.91 Å². The Balaban J connectivity index is 1.34. The number of piperazine rings is 1. The number of sulfonamides is 1. The number of para-hydroxylation sites is 1. The molecule has 1 saturated heterocycles. The van der Waals surface area contributed by atoms with Gasteiger partial charge in [0.1, 0.15) is 0 Å². The fraction of sp³-hybridized carbons (Fsp3) is 0.296. The maximum atomic E-state index is 12.8. The van der Waals surface area contributed by atoms with Gasteiger partial charge in [0, 0.05) is 44.0 Å². The van der Waals surface area contributed by atoms with Crippen molar-refractivity contribution in [1.29, 1.82) is 0 Å². The summed E-state index contributed by atoms with van der Waals surface area (Å²) < 4.78 is 27.2. The zero-order valence-electron chi connectivity index (χ0n) is 19.7. The lowest BCUT2D eigenvalue weighted by molar-refractivity contribution is 0.102. The van der Waals surface area contributed by atoms with E-state index in [2.05, 4.69) is 17.1 Å². The third-order valence-electron chi connectivity index (χ3n) is 6.31. The van der Waals surface area contributed by atoms with Crippen LogP contribution in [-0.4, -0.2) is 49.7 Å². The van der Waals surface area contributed by atoms with Crippen molar-refractivity contribution in [3.05, 3.63) is 95.1 Å². The molecule has 0 radical (unpaired) electrons. The van der Waals surface area contributed by atoms with Crippen LogP contribution in [0, 0.1) is 6.92 Å². The molecule has 4 rings (SSSR count). The molecule has 1 aliphatic heterocycles. The van der Waals surface area contributed by atoms with Gasteiger partial charge >= 0.3 is 0 Å². The van der Waals surface area contributed by atoms with Gasteiger partial charge in [-0.15, -0.1) is 0 Å². The first-order chi connectivity index (χ1) is 16.4. The SMILES string of the molecule is CCc1cccc(C)c1NC(=O)c1ccc(CN2CCN(S(=O)(=O)c3ccccc3)CC2)cc1. The Morgan fingerprint density at radius 1 is 0.882 bits per heavy atom. The standard InChI is InChI=1S/C27H31N3O3S/c1-3-23-9-7-8-21(2)26(23)28-27(31)24-14-12-22(13-15-24)20-29-16-18-30(19-17-29)34(32,33)25-10-5-4-6-11-25/h4-15H,3,16-20H2,1-2H3,(H,28,31). The highest BCUT2D eigenvalue weighted by atomic mass is 32.2. The lowest BCUT2D eigenvalue weighted by Crippen LogP contribution is -2.48. The fourth-order valence-electron chi connectivity index (χ4n) is 4.28. The van der Waals surface area contributed by atoms with Gasteiger partial charge in [0.25, 0.3) is 5.91 Å². The molecular formula is C27H31N3O3S. The summed E-state index contributed by atoms with van der Waals surface area (Å²) in [5, 5.41) is 3.07. The summed E-state index contributed by atoms with van der Waals surface area (Å²) in [5.74, 6) is -0.115. The molecule has 1 N–H and O–H groups in total. The van der Waals surface area contributed by atoms with Gasteiger partial charge in [-0.3, -0.25) is 9.69 Å². The average Bonchev–Trinajstić information content (AvgIpc) is 2.86. The topological polar surface area (TPSA) is 69.7 Å². The molecule has 1 heterocycles. The van der Waals surface area contributed by atoms with Gasteiger partial charge in [0.2, 0.25) is 10.0 Å². The number of hydrogen-bond acceptors (Lipinski definition) is 4. The van der Waals surface area contributed by atoms with Crippen molar-refractivity contribution in [2.75, 3.05) is 31.5 Å². The normalized spacial score (nSPS) is 15.2. The molecule has 7 heteroatoms. The van der Waals surface area contributed by atoms with Crippen LogP contribution in [0.2, 0.25) is 0 Å². The van der Waals surface area contributed by atoms with Crippen LogP contribution in [0.25, 0.3) is 0 Å². The number of carbonyl (C=O) groups is 1. The molecule has 0 atom stereocenters. The van der Waals surface area contributed by atoms with Crippen LogP contribution in [0.15, 0.2) is 77.7 Å². The fourth-order valence-corrected chi connectivity index (χ4v) is 5.72. The lowest BCUT2D eigenvalue weighted by atomic mass is 10.0. The van der Waals surface area contributed by atoms with Crippen molar-refractivity contribution in [3.8, 4) is 0 Å². The molecule has 0 bridgehead atoms. The first-order valence-electron chi connectivity index (χ1n) is 11.6. The van der Waals surface area contributed by atoms with Gasteiger partial charge in [-0.2, -0.15) is 4.31 Å². The zero-order chi connectivity index (χ0) is 24.1. The molecule has 0 unspecified atom stereocenters. The molecule has 0 aliphatic carbocycles. The Bertz CT molecular complexity index is 1230. The quantitative estimate of drug-likeness (QED) is 0.550. The van der Waals surface area contributed by atoms with E-state index in [1.165, 1.54) is 0 Å². The molecule has 3 aromatic rings. The molecule has 0 spiro atoms. The Labute approximate surface area is 202 Å². The third-order valence-corrected chi connectivity index (χ3v) is 8.23. The first kappa shape index (κ1) is 24.1. The van der Waals surface area contributed by atoms with Gasteiger partial charge in [-0.05, 0) is 54.3 Å². The molecule has 3 aromatic carbocycles. The molecule has 1 aliphatic rings. The van der Waals surface area contributed by atoms with E-state index >= 15 is 0 Å². The summed E-state index contributed by atoms with van der Waals surface area (Å²) in [5.41, 5.74) is 4.78. The largest absolute Gasteiger partial charge is 0.321 e. The number of rotatable bonds is 7. The monoisotopic (exact) mass is 477 g/mol. The molecule has 178 valence electrons. The molecule has 6 nitrogen and oxygen atoms in total. The second-order valence-corrected chi connectivity index (χ2v) is 10.5. The maximum Gasteiger partial charge on any atom is 0.255 e. The van der Waals surface area contributed by atoms with Gasteiger partial charge in [0.15, 0.2) is 0 Å². The van der Waals surface area contributed by atoms with Crippen LogP contribution in [0.5, 0.6) is 0 Å². The summed E-state index contributed by atoms with van der Waals surface area (Å²) in [6.45, 7) is 7.07. The molecule has 0 saturated carbocycles. The Hall–Kier alpha value is -3.00. The van der Waals surface area contributed by atoms with Crippen LogP contribution in [-0.2, 0) is 23.0 Å². The van der Waals surface area contributed by atoms with Crippen LogP contribution in [0.1, 0.15) is 34.0 Å². The van der Waals surface area contributed by atoms with Crippen LogP contribution >= 0.6 is 0 Å². The van der Waals surface area contributed by atoms with Crippen LogP contribution in [0.4, 0.5) is 5.69 Å². The number of anilines is 1. The minimum atomic E-state index is -3.45. The van der Waals surface area contributed by atoms with Crippen molar-refractivity contribution < 1.29 is 13.2 Å². The number of nitrogens with one attached hydrogen (secondary N) is 1. The number of nitrogens with zero attached hydrogens (tertiary/aromatic N) is 2. The van der Waals surface area contributed by atoms with Gasteiger partial charge in [-0.1, -0.05) is 55.5 Å². The highest BCUT2D eigenvalue weighted by molar-refractivity contribution is 7.89. The lowest BCUT2D eigenvalue weighted by Gasteiger charge is -2.34. The van der Waals surface area contributed by atoms with Crippen LogP contribution in [0.3, 0.4) is 0 Å². The number of amides is 1. The van der Waals surface area contributed by atoms with Gasteiger partial charge in [0.05, 0.1) is 4.90 Å². The molecule has 1 amide bonds. The van der Waals surface area contributed by atoms with E-state index in [0.29, 0.717) is 36.6 Å². The van der Waals surface area contributed by atoms with Crippen molar-refractivity contribution in [3.63, 3.8) is 0 Å². The van der Waals surface area contributed by atoms with E-state index in [9.17, 15) is 13.2 Å². The molecule has 34 heavy (non-hydrogen) atoms. The molecule has 0 aromatic heterocycles. The first-order valence-corrected chi connectivity index (χ1v) is 13.1. The van der Waals surface area contributed by atoms with Gasteiger partial charge in [-0.25, -0.2) is 8.42 Å². The highest BCUT2D eigenvalue weighted by Gasteiger charge is 2.28. The number of aryl methyl sites for hydroxylation is 2. The smallest absolute Gasteiger partial charge is 0.255 e. The minimum Gasteiger partial charge on any atom is -0.321 e. The summed E-state index contributed by atoms with van der Waals surface area (Å²) in [6.07, 6.45) is 0.857.